The minimum Gasteiger partial charge on any atom is -0.512 e. The van der Waals surface area contributed by atoms with Crippen molar-refractivity contribution in [2.75, 3.05) is 0 Å². The Labute approximate surface area is 139 Å². The van der Waals surface area contributed by atoms with Crippen LogP contribution < -0.4 is 4.65 Å². The fraction of sp³-hybridized carbons (Fsp3) is 0. The van der Waals surface area contributed by atoms with E-state index >= 15 is 0 Å². The average molecular weight is 314 g/mol. The van der Waals surface area contributed by atoms with Crippen molar-refractivity contribution in [1.29, 1.82) is 0 Å². The molecule has 0 radical (unpaired) electrons. The third-order valence-electron chi connectivity index (χ3n) is 4.15. The molecule has 4 aromatic rings. The molecule has 0 amide bonds. The number of hydrogen-bond acceptors (Lipinski definition) is 3. The zero-order chi connectivity index (χ0) is 16.5. The highest BCUT2D eigenvalue weighted by Crippen LogP contribution is 2.35. The molecule has 0 bridgehead atoms. The lowest BCUT2D eigenvalue weighted by Gasteiger charge is -2.12. The molecule has 0 saturated heterocycles. The second-order valence-corrected chi connectivity index (χ2v) is 5.66. The largest absolute Gasteiger partial charge is 0.707 e. The maximum atomic E-state index is 9.01. The molecular formula is C20H15BO3. The van der Waals surface area contributed by atoms with E-state index in [2.05, 4.69) is 30.3 Å². The molecule has 2 N–H and O–H groups in total. The maximum Gasteiger partial charge on any atom is 0.707 e. The highest BCUT2D eigenvalue weighted by molar-refractivity contribution is 6.33. The molecule has 4 aromatic carbocycles. The van der Waals surface area contributed by atoms with Crippen LogP contribution in [0.5, 0.6) is 5.75 Å². The van der Waals surface area contributed by atoms with Crippen molar-refractivity contribution in [3.05, 3.63) is 78.9 Å². The summed E-state index contributed by atoms with van der Waals surface area (Å²) in [5.41, 5.74) is 2.05. The van der Waals surface area contributed by atoms with Crippen LogP contribution in [0.2, 0.25) is 0 Å². The Bertz CT molecular complexity index is 1030. The van der Waals surface area contributed by atoms with Crippen LogP contribution in [0.1, 0.15) is 0 Å². The zero-order valence-electron chi connectivity index (χ0n) is 12.9. The average Bonchev–Trinajstić information content (AvgIpc) is 2.61. The summed E-state index contributed by atoms with van der Waals surface area (Å²) in [7, 11) is -1.83. The van der Waals surface area contributed by atoms with E-state index in [1.807, 2.05) is 42.5 Å². The van der Waals surface area contributed by atoms with E-state index in [1.165, 1.54) is 16.2 Å². The van der Waals surface area contributed by atoms with Crippen molar-refractivity contribution >= 4 is 28.9 Å². The summed E-state index contributed by atoms with van der Waals surface area (Å²) in [6.07, 6.45) is 0. The quantitative estimate of drug-likeness (QED) is 0.444. The van der Waals surface area contributed by atoms with Crippen LogP contribution in [-0.4, -0.2) is 17.4 Å². The van der Waals surface area contributed by atoms with Crippen LogP contribution in [0.3, 0.4) is 0 Å². The Morgan fingerprint density at radius 2 is 1.38 bits per heavy atom. The third kappa shape index (κ3) is 2.62. The van der Waals surface area contributed by atoms with E-state index in [0.717, 1.165) is 16.5 Å². The van der Waals surface area contributed by atoms with Gasteiger partial charge >= 0.3 is 7.32 Å². The van der Waals surface area contributed by atoms with E-state index in [1.54, 1.807) is 6.07 Å². The van der Waals surface area contributed by atoms with Gasteiger partial charge in [0.2, 0.25) is 0 Å². The predicted octanol–water partition coefficient (Wildman–Crippen LogP) is 4.01. The zero-order valence-corrected chi connectivity index (χ0v) is 12.9. The van der Waals surface area contributed by atoms with Gasteiger partial charge in [-0.15, -0.1) is 0 Å². The summed E-state index contributed by atoms with van der Waals surface area (Å²) in [6, 6.07) is 26.1. The van der Waals surface area contributed by atoms with Crippen molar-refractivity contribution in [3.8, 4) is 16.9 Å². The van der Waals surface area contributed by atoms with Crippen molar-refractivity contribution in [3.63, 3.8) is 0 Å². The molecule has 4 rings (SSSR count). The van der Waals surface area contributed by atoms with Crippen LogP contribution in [0, 0.1) is 0 Å². The second-order valence-electron chi connectivity index (χ2n) is 5.66. The first-order valence-electron chi connectivity index (χ1n) is 7.76. The second kappa shape index (κ2) is 6.00. The van der Waals surface area contributed by atoms with Gasteiger partial charge in [0, 0.05) is 0 Å². The molecule has 116 valence electrons. The molecule has 0 saturated carbocycles. The van der Waals surface area contributed by atoms with Crippen LogP contribution in [0.25, 0.3) is 32.7 Å². The van der Waals surface area contributed by atoms with Crippen LogP contribution in [0.4, 0.5) is 0 Å². The fourth-order valence-corrected chi connectivity index (χ4v) is 3.15. The number of fused-ring (bicyclic) bond motifs is 3. The Balaban J connectivity index is 1.99. The smallest absolute Gasteiger partial charge is 0.512 e. The van der Waals surface area contributed by atoms with E-state index < -0.39 is 7.32 Å². The Kier molecular flexibility index (Phi) is 3.69. The number of hydrogen-bond donors (Lipinski definition) is 2. The summed E-state index contributed by atoms with van der Waals surface area (Å²) in [5.74, 6) is 0.416. The summed E-state index contributed by atoms with van der Waals surface area (Å²) >= 11 is 0. The van der Waals surface area contributed by atoms with Gasteiger partial charge in [-0.25, -0.2) is 0 Å². The van der Waals surface area contributed by atoms with Crippen molar-refractivity contribution in [2.45, 2.75) is 0 Å². The molecule has 0 atom stereocenters. The van der Waals surface area contributed by atoms with Crippen molar-refractivity contribution < 1.29 is 14.7 Å². The molecule has 3 nitrogen and oxygen atoms in total. The lowest BCUT2D eigenvalue weighted by molar-refractivity contribution is 0.288. The highest BCUT2D eigenvalue weighted by Gasteiger charge is 2.13. The molecule has 0 aliphatic carbocycles. The van der Waals surface area contributed by atoms with E-state index in [-0.39, 0.29) is 0 Å². The van der Waals surface area contributed by atoms with Gasteiger partial charge in [-0.05, 0) is 50.9 Å². The van der Waals surface area contributed by atoms with Gasteiger partial charge < -0.3 is 14.7 Å². The van der Waals surface area contributed by atoms with Crippen LogP contribution in [0.15, 0.2) is 78.9 Å². The monoisotopic (exact) mass is 314 g/mol. The van der Waals surface area contributed by atoms with Gasteiger partial charge in [-0.3, -0.25) is 0 Å². The minimum absolute atomic E-state index is 0.416. The van der Waals surface area contributed by atoms with Crippen molar-refractivity contribution in [2.24, 2.45) is 0 Å². The normalized spacial score (nSPS) is 10.9. The molecule has 0 fully saturated rings. The first-order valence-corrected chi connectivity index (χ1v) is 7.76. The summed E-state index contributed by atoms with van der Waals surface area (Å²) in [5, 5.41) is 22.8. The molecule has 0 heterocycles. The topological polar surface area (TPSA) is 49.7 Å². The van der Waals surface area contributed by atoms with Gasteiger partial charge in [0.05, 0.1) is 0 Å². The van der Waals surface area contributed by atoms with Gasteiger partial charge in [0.15, 0.2) is 0 Å². The van der Waals surface area contributed by atoms with Gasteiger partial charge in [0.25, 0.3) is 0 Å². The predicted molar refractivity (Wildman–Crippen MR) is 97.7 cm³/mol. The maximum absolute atomic E-state index is 9.01. The molecule has 0 unspecified atom stereocenters. The van der Waals surface area contributed by atoms with Crippen LogP contribution in [-0.2, 0) is 0 Å². The fourth-order valence-electron chi connectivity index (χ4n) is 3.15. The summed E-state index contributed by atoms with van der Waals surface area (Å²) in [4.78, 5) is 0. The van der Waals surface area contributed by atoms with E-state index in [9.17, 15) is 0 Å². The molecular weight excluding hydrogens is 299 g/mol. The van der Waals surface area contributed by atoms with E-state index in [4.69, 9.17) is 14.7 Å². The Morgan fingerprint density at radius 3 is 2.17 bits per heavy atom. The van der Waals surface area contributed by atoms with Gasteiger partial charge in [-0.1, -0.05) is 60.7 Å². The van der Waals surface area contributed by atoms with Gasteiger partial charge in [-0.2, -0.15) is 0 Å². The molecule has 24 heavy (non-hydrogen) atoms. The molecule has 4 heteroatoms. The van der Waals surface area contributed by atoms with Gasteiger partial charge in [0.1, 0.15) is 5.75 Å². The Morgan fingerprint density at radius 1 is 0.667 bits per heavy atom. The third-order valence-corrected chi connectivity index (χ3v) is 4.15. The minimum atomic E-state index is -1.83. The lowest BCUT2D eigenvalue weighted by Crippen LogP contribution is -2.20. The first kappa shape index (κ1) is 14.8. The highest BCUT2D eigenvalue weighted by atomic mass is 16.6. The first-order chi connectivity index (χ1) is 11.7. The Hall–Kier alpha value is -2.82. The summed E-state index contributed by atoms with van der Waals surface area (Å²) in [6.45, 7) is 0. The standard InChI is InChI=1S/C20H15BO3/c22-21(23)24-16-8-5-7-14(12-16)20-13-15-6-1-2-9-17(15)18-10-3-4-11-19(18)20/h1-13,22-23H. The summed E-state index contributed by atoms with van der Waals surface area (Å²) < 4.78 is 4.99. The molecule has 0 spiro atoms. The number of rotatable bonds is 3. The number of benzene rings is 4. The van der Waals surface area contributed by atoms with Crippen LogP contribution >= 0.6 is 0 Å². The SMILES string of the molecule is OB(O)Oc1cccc(-c2cc3ccccc3c3ccccc23)c1. The van der Waals surface area contributed by atoms with E-state index in [0.29, 0.717) is 5.75 Å². The lowest BCUT2D eigenvalue weighted by atomic mass is 9.93. The molecule has 0 aliphatic heterocycles. The molecule has 0 aromatic heterocycles. The molecule has 0 aliphatic rings. The van der Waals surface area contributed by atoms with Crippen molar-refractivity contribution in [1.82, 2.24) is 0 Å².